The van der Waals surface area contributed by atoms with Gasteiger partial charge in [-0.15, -0.1) is 0 Å². The molecule has 17 heavy (non-hydrogen) atoms. The SMILES string of the molecule is CCOc1ccnc(N2CCCC(CBr)C2)n1. The summed E-state index contributed by atoms with van der Waals surface area (Å²) in [6, 6.07) is 1.80. The van der Waals surface area contributed by atoms with Gasteiger partial charge in [0.15, 0.2) is 0 Å². The number of hydrogen-bond donors (Lipinski definition) is 0. The summed E-state index contributed by atoms with van der Waals surface area (Å²) in [5.74, 6) is 2.16. The van der Waals surface area contributed by atoms with Gasteiger partial charge in [-0.2, -0.15) is 4.98 Å². The molecule has 1 aliphatic heterocycles. The molecule has 1 saturated heterocycles. The second kappa shape index (κ2) is 6.19. The number of aromatic nitrogens is 2. The van der Waals surface area contributed by atoms with E-state index in [1.807, 2.05) is 6.92 Å². The van der Waals surface area contributed by atoms with Crippen molar-refractivity contribution in [3.05, 3.63) is 12.3 Å². The number of alkyl halides is 1. The van der Waals surface area contributed by atoms with Crippen molar-refractivity contribution in [1.82, 2.24) is 9.97 Å². The van der Waals surface area contributed by atoms with Crippen LogP contribution in [0.2, 0.25) is 0 Å². The summed E-state index contributed by atoms with van der Waals surface area (Å²) in [5.41, 5.74) is 0. The van der Waals surface area contributed by atoms with E-state index < -0.39 is 0 Å². The summed E-state index contributed by atoms with van der Waals surface area (Å²) >= 11 is 3.56. The Labute approximate surface area is 111 Å². The van der Waals surface area contributed by atoms with Gasteiger partial charge < -0.3 is 9.64 Å². The van der Waals surface area contributed by atoms with E-state index in [0.717, 1.165) is 24.4 Å². The van der Waals surface area contributed by atoms with Gasteiger partial charge >= 0.3 is 0 Å². The molecule has 0 saturated carbocycles. The van der Waals surface area contributed by atoms with E-state index in [2.05, 4.69) is 30.8 Å². The average Bonchev–Trinajstić information content (AvgIpc) is 2.40. The summed E-state index contributed by atoms with van der Waals surface area (Å²) in [7, 11) is 0. The lowest BCUT2D eigenvalue weighted by atomic mass is 10.0. The highest BCUT2D eigenvalue weighted by molar-refractivity contribution is 9.09. The van der Waals surface area contributed by atoms with E-state index in [1.54, 1.807) is 12.3 Å². The van der Waals surface area contributed by atoms with Crippen LogP contribution in [0.15, 0.2) is 12.3 Å². The predicted molar refractivity (Wildman–Crippen MR) is 71.9 cm³/mol. The third kappa shape index (κ3) is 3.31. The highest BCUT2D eigenvalue weighted by atomic mass is 79.9. The van der Waals surface area contributed by atoms with Crippen molar-refractivity contribution in [2.75, 3.05) is 29.9 Å². The molecule has 0 aliphatic carbocycles. The molecular weight excluding hydrogens is 282 g/mol. The maximum Gasteiger partial charge on any atom is 0.228 e. The first kappa shape index (κ1) is 12.6. The number of piperidine rings is 1. The Morgan fingerprint density at radius 1 is 1.59 bits per heavy atom. The highest BCUT2D eigenvalue weighted by Crippen LogP contribution is 2.22. The topological polar surface area (TPSA) is 38.2 Å². The highest BCUT2D eigenvalue weighted by Gasteiger charge is 2.21. The molecular formula is C12H18BrN3O. The first-order valence-electron chi connectivity index (χ1n) is 6.10. The molecule has 0 amide bonds. The molecule has 0 bridgehead atoms. The molecule has 1 unspecified atom stereocenters. The van der Waals surface area contributed by atoms with E-state index in [9.17, 15) is 0 Å². The van der Waals surface area contributed by atoms with Gasteiger partial charge in [0.05, 0.1) is 6.61 Å². The Bertz CT molecular complexity index is 361. The van der Waals surface area contributed by atoms with Crippen LogP contribution >= 0.6 is 15.9 Å². The zero-order valence-electron chi connectivity index (χ0n) is 10.1. The van der Waals surface area contributed by atoms with Crippen LogP contribution in [-0.4, -0.2) is 35.0 Å². The standard InChI is InChI=1S/C12H18BrN3O/c1-2-17-11-5-6-14-12(15-11)16-7-3-4-10(8-13)9-16/h5-6,10H,2-4,7-9H2,1H3. The molecule has 94 valence electrons. The number of rotatable bonds is 4. The zero-order chi connectivity index (χ0) is 12.1. The summed E-state index contributed by atoms with van der Waals surface area (Å²) in [4.78, 5) is 11.0. The van der Waals surface area contributed by atoms with Crippen LogP contribution in [0.4, 0.5) is 5.95 Å². The average molecular weight is 300 g/mol. The van der Waals surface area contributed by atoms with Crippen molar-refractivity contribution in [1.29, 1.82) is 0 Å². The summed E-state index contributed by atoms with van der Waals surface area (Å²) < 4.78 is 5.40. The Morgan fingerprint density at radius 2 is 2.47 bits per heavy atom. The van der Waals surface area contributed by atoms with Gasteiger partial charge in [0, 0.05) is 30.7 Å². The van der Waals surface area contributed by atoms with Crippen LogP contribution in [0.1, 0.15) is 19.8 Å². The third-order valence-corrected chi connectivity index (χ3v) is 3.85. The third-order valence-electron chi connectivity index (χ3n) is 2.93. The molecule has 4 nitrogen and oxygen atoms in total. The van der Waals surface area contributed by atoms with E-state index in [4.69, 9.17) is 4.74 Å². The Balaban J connectivity index is 2.07. The van der Waals surface area contributed by atoms with E-state index in [1.165, 1.54) is 12.8 Å². The monoisotopic (exact) mass is 299 g/mol. The van der Waals surface area contributed by atoms with Crippen LogP contribution < -0.4 is 9.64 Å². The molecule has 0 N–H and O–H groups in total. The molecule has 0 aromatic carbocycles. The number of hydrogen-bond acceptors (Lipinski definition) is 4. The molecule has 5 heteroatoms. The van der Waals surface area contributed by atoms with Crippen molar-refractivity contribution >= 4 is 21.9 Å². The molecule has 2 rings (SSSR count). The molecule has 0 spiro atoms. The molecule has 1 atom stereocenters. The predicted octanol–water partition coefficient (Wildman–Crippen LogP) is 2.49. The van der Waals surface area contributed by atoms with Crippen molar-refractivity contribution in [2.24, 2.45) is 5.92 Å². The van der Waals surface area contributed by atoms with Crippen LogP contribution in [0.3, 0.4) is 0 Å². The van der Waals surface area contributed by atoms with Gasteiger partial charge in [-0.05, 0) is 25.7 Å². The number of anilines is 1. The smallest absolute Gasteiger partial charge is 0.228 e. The molecule has 0 radical (unpaired) electrons. The number of halogens is 1. The minimum absolute atomic E-state index is 0.639. The van der Waals surface area contributed by atoms with Crippen LogP contribution in [0, 0.1) is 5.92 Å². The lowest BCUT2D eigenvalue weighted by molar-refractivity contribution is 0.325. The van der Waals surface area contributed by atoms with Gasteiger partial charge in [-0.3, -0.25) is 0 Å². The van der Waals surface area contributed by atoms with Crippen molar-refractivity contribution < 1.29 is 4.74 Å². The van der Waals surface area contributed by atoms with Crippen molar-refractivity contribution in [3.8, 4) is 5.88 Å². The lowest BCUT2D eigenvalue weighted by Crippen LogP contribution is -2.37. The lowest BCUT2D eigenvalue weighted by Gasteiger charge is -2.31. The van der Waals surface area contributed by atoms with Crippen molar-refractivity contribution in [2.45, 2.75) is 19.8 Å². The molecule has 1 aliphatic rings. The molecule has 1 fully saturated rings. The number of ether oxygens (including phenoxy) is 1. The fourth-order valence-electron chi connectivity index (χ4n) is 2.09. The number of nitrogens with zero attached hydrogens (tertiary/aromatic N) is 3. The Kier molecular flexibility index (Phi) is 4.59. The van der Waals surface area contributed by atoms with Gasteiger partial charge in [-0.25, -0.2) is 4.98 Å². The minimum Gasteiger partial charge on any atom is -0.478 e. The van der Waals surface area contributed by atoms with E-state index in [-0.39, 0.29) is 0 Å². The van der Waals surface area contributed by atoms with Crippen LogP contribution in [-0.2, 0) is 0 Å². The summed E-state index contributed by atoms with van der Waals surface area (Å²) in [5, 5.41) is 1.05. The van der Waals surface area contributed by atoms with Gasteiger partial charge in [0.1, 0.15) is 0 Å². The first-order chi connectivity index (χ1) is 8.33. The van der Waals surface area contributed by atoms with Crippen molar-refractivity contribution in [3.63, 3.8) is 0 Å². The summed E-state index contributed by atoms with van der Waals surface area (Å²) in [6.07, 6.45) is 4.26. The fourth-order valence-corrected chi connectivity index (χ4v) is 2.61. The second-order valence-corrected chi connectivity index (χ2v) is 4.88. The van der Waals surface area contributed by atoms with Gasteiger partial charge in [-0.1, -0.05) is 15.9 Å². The van der Waals surface area contributed by atoms with Crippen LogP contribution in [0.5, 0.6) is 5.88 Å². The maximum atomic E-state index is 5.40. The molecule has 2 heterocycles. The van der Waals surface area contributed by atoms with Gasteiger partial charge in [0.2, 0.25) is 11.8 Å². The van der Waals surface area contributed by atoms with Crippen LogP contribution in [0.25, 0.3) is 0 Å². The first-order valence-corrected chi connectivity index (χ1v) is 7.22. The van der Waals surface area contributed by atoms with Gasteiger partial charge in [0.25, 0.3) is 0 Å². The maximum absolute atomic E-state index is 5.40. The zero-order valence-corrected chi connectivity index (χ0v) is 11.7. The summed E-state index contributed by atoms with van der Waals surface area (Å²) in [6.45, 7) is 4.67. The normalized spacial score (nSPS) is 20.4. The minimum atomic E-state index is 0.639. The molecule has 1 aromatic rings. The Hall–Kier alpha value is -0.840. The Morgan fingerprint density at radius 3 is 3.24 bits per heavy atom. The van der Waals surface area contributed by atoms with E-state index >= 15 is 0 Å². The molecule has 1 aromatic heterocycles. The largest absolute Gasteiger partial charge is 0.478 e. The van der Waals surface area contributed by atoms with E-state index in [0.29, 0.717) is 18.4 Å². The second-order valence-electron chi connectivity index (χ2n) is 4.24. The fraction of sp³-hybridized carbons (Fsp3) is 0.667. The quantitative estimate of drug-likeness (QED) is 0.801.